The van der Waals surface area contributed by atoms with E-state index in [1.165, 1.54) is 21.9 Å². The Labute approximate surface area is 239 Å². The lowest BCUT2D eigenvalue weighted by Crippen LogP contribution is -2.46. The van der Waals surface area contributed by atoms with Gasteiger partial charge in [0.15, 0.2) is 0 Å². The highest BCUT2D eigenvalue weighted by Crippen LogP contribution is 2.41. The zero-order chi connectivity index (χ0) is 26.8. The van der Waals surface area contributed by atoms with Crippen molar-refractivity contribution in [1.29, 1.82) is 0 Å². The van der Waals surface area contributed by atoms with Gasteiger partial charge in [-0.25, -0.2) is 4.39 Å². The fourth-order valence-corrected chi connectivity index (χ4v) is 6.22. The maximum Gasteiger partial charge on any atom is 0.254 e. The summed E-state index contributed by atoms with van der Waals surface area (Å²) in [6, 6.07) is 19.3. The Morgan fingerprint density at radius 3 is 2.34 bits per heavy atom. The van der Waals surface area contributed by atoms with Crippen LogP contribution in [0.2, 0.25) is 15.1 Å². The van der Waals surface area contributed by atoms with E-state index in [2.05, 4.69) is 0 Å². The normalized spacial score (nSPS) is 14.7. The summed E-state index contributed by atoms with van der Waals surface area (Å²) in [6.45, 7) is 0.451. The molecule has 2 heterocycles. The first kappa shape index (κ1) is 26.7. The summed E-state index contributed by atoms with van der Waals surface area (Å²) in [6.07, 6.45) is 0.712. The number of amides is 2. The third-order valence-electron chi connectivity index (χ3n) is 6.53. The summed E-state index contributed by atoms with van der Waals surface area (Å²) in [4.78, 5) is 31.9. The van der Waals surface area contributed by atoms with E-state index in [0.29, 0.717) is 39.2 Å². The highest BCUT2D eigenvalue weighted by molar-refractivity contribution is 7.10. The first-order chi connectivity index (χ1) is 18.3. The molecule has 5 rings (SSSR count). The summed E-state index contributed by atoms with van der Waals surface area (Å²) in [5, 5.41) is 3.50. The lowest BCUT2D eigenvalue weighted by atomic mass is 9.93. The number of fused-ring (bicyclic) bond motifs is 1. The molecule has 0 spiro atoms. The van der Waals surface area contributed by atoms with Gasteiger partial charge in [0.05, 0.1) is 6.04 Å². The van der Waals surface area contributed by atoms with Gasteiger partial charge in [-0.3, -0.25) is 9.59 Å². The smallest absolute Gasteiger partial charge is 0.254 e. The van der Waals surface area contributed by atoms with Crippen LogP contribution in [0.4, 0.5) is 4.39 Å². The largest absolute Gasteiger partial charge is 0.330 e. The highest BCUT2D eigenvalue weighted by Gasteiger charge is 2.35. The van der Waals surface area contributed by atoms with Crippen molar-refractivity contribution in [3.8, 4) is 0 Å². The zero-order valence-electron chi connectivity index (χ0n) is 20.0. The SMILES string of the molecule is O=C(c1ccc(Cl)cc1)N(CC(=O)N1CCc2sccc2C1c1ccc(Cl)cc1Cl)Cc1ccc(F)cc1. The fourth-order valence-electron chi connectivity index (χ4n) is 4.68. The average Bonchev–Trinajstić information content (AvgIpc) is 3.38. The van der Waals surface area contributed by atoms with Crippen molar-refractivity contribution >= 4 is 58.0 Å². The predicted octanol–water partition coefficient (Wildman–Crippen LogP) is 7.66. The molecule has 4 nitrogen and oxygen atoms in total. The number of rotatable bonds is 6. The van der Waals surface area contributed by atoms with Gasteiger partial charge in [0.2, 0.25) is 5.91 Å². The van der Waals surface area contributed by atoms with Gasteiger partial charge in [-0.05, 0) is 83.1 Å². The first-order valence-corrected chi connectivity index (χ1v) is 13.9. The maximum absolute atomic E-state index is 13.9. The Bertz CT molecular complexity index is 1470. The summed E-state index contributed by atoms with van der Waals surface area (Å²) < 4.78 is 13.5. The van der Waals surface area contributed by atoms with E-state index < -0.39 is 6.04 Å². The Hall–Kier alpha value is -2.90. The lowest BCUT2D eigenvalue weighted by Gasteiger charge is -2.38. The van der Waals surface area contributed by atoms with E-state index in [1.807, 2.05) is 17.5 Å². The molecule has 1 atom stereocenters. The van der Waals surface area contributed by atoms with Crippen LogP contribution in [0.15, 0.2) is 78.2 Å². The minimum atomic E-state index is -0.402. The molecule has 0 saturated heterocycles. The molecule has 0 fully saturated rings. The predicted molar refractivity (Wildman–Crippen MR) is 151 cm³/mol. The second-order valence-corrected chi connectivity index (χ2v) is 11.3. The Balaban J connectivity index is 1.47. The zero-order valence-corrected chi connectivity index (χ0v) is 23.1. The van der Waals surface area contributed by atoms with Crippen molar-refractivity contribution in [1.82, 2.24) is 9.80 Å². The molecule has 9 heteroatoms. The number of nitrogens with zero attached hydrogens (tertiary/aromatic N) is 2. The molecule has 4 aromatic rings. The molecule has 0 N–H and O–H groups in total. The van der Waals surface area contributed by atoms with Gasteiger partial charge in [-0.2, -0.15) is 0 Å². The van der Waals surface area contributed by atoms with E-state index in [-0.39, 0.29) is 30.7 Å². The number of carbonyl (C=O) groups is 2. The van der Waals surface area contributed by atoms with Gasteiger partial charge in [-0.15, -0.1) is 11.3 Å². The van der Waals surface area contributed by atoms with Crippen molar-refractivity contribution < 1.29 is 14.0 Å². The Kier molecular flexibility index (Phi) is 8.05. The van der Waals surface area contributed by atoms with E-state index in [4.69, 9.17) is 34.8 Å². The van der Waals surface area contributed by atoms with E-state index >= 15 is 0 Å². The number of thiophene rings is 1. The van der Waals surface area contributed by atoms with Crippen LogP contribution in [-0.2, 0) is 17.8 Å². The van der Waals surface area contributed by atoms with Crippen LogP contribution >= 0.6 is 46.1 Å². The summed E-state index contributed by atoms with van der Waals surface area (Å²) in [5.74, 6) is -0.918. The topological polar surface area (TPSA) is 40.6 Å². The van der Waals surface area contributed by atoms with Gasteiger partial charge in [0.25, 0.3) is 5.91 Å². The molecule has 3 aromatic carbocycles. The van der Waals surface area contributed by atoms with Crippen LogP contribution in [0.3, 0.4) is 0 Å². The number of hydrogen-bond donors (Lipinski definition) is 0. The molecule has 1 unspecified atom stereocenters. The van der Waals surface area contributed by atoms with Gasteiger partial charge >= 0.3 is 0 Å². The van der Waals surface area contributed by atoms with Crippen molar-refractivity contribution in [3.63, 3.8) is 0 Å². The second kappa shape index (κ2) is 11.5. The molecular formula is C29H22Cl3FN2O2S. The molecule has 2 amide bonds. The number of hydrogen-bond acceptors (Lipinski definition) is 3. The molecule has 0 bridgehead atoms. The third-order valence-corrected chi connectivity index (χ3v) is 8.35. The van der Waals surface area contributed by atoms with Crippen molar-refractivity contribution in [2.24, 2.45) is 0 Å². The van der Waals surface area contributed by atoms with Gasteiger partial charge in [0.1, 0.15) is 12.4 Å². The van der Waals surface area contributed by atoms with E-state index in [9.17, 15) is 14.0 Å². The van der Waals surface area contributed by atoms with Crippen LogP contribution in [0.1, 0.15) is 38.0 Å². The van der Waals surface area contributed by atoms with Crippen molar-refractivity contribution in [3.05, 3.63) is 126 Å². The van der Waals surface area contributed by atoms with Crippen molar-refractivity contribution in [2.75, 3.05) is 13.1 Å². The highest BCUT2D eigenvalue weighted by atomic mass is 35.5. The summed E-state index contributed by atoms with van der Waals surface area (Å²) >= 11 is 20.4. The summed E-state index contributed by atoms with van der Waals surface area (Å²) in [7, 11) is 0. The average molecular weight is 588 g/mol. The Morgan fingerprint density at radius 1 is 0.921 bits per heavy atom. The molecule has 194 valence electrons. The summed E-state index contributed by atoms with van der Waals surface area (Å²) in [5.41, 5.74) is 2.91. The standard InChI is InChI=1S/C29H22Cl3FN2O2S/c30-20-5-3-19(4-6-20)29(37)34(16-18-1-8-22(33)9-2-18)17-27(36)35-13-11-26-24(12-14-38-26)28(35)23-10-7-21(31)15-25(23)32/h1-10,12,14-15,28H,11,13,16-17H2. The van der Waals surface area contributed by atoms with Crippen LogP contribution in [-0.4, -0.2) is 34.7 Å². The van der Waals surface area contributed by atoms with Crippen LogP contribution in [0.5, 0.6) is 0 Å². The molecular weight excluding hydrogens is 566 g/mol. The quantitative estimate of drug-likeness (QED) is 0.232. The molecule has 1 aliphatic rings. The van der Waals surface area contributed by atoms with Gasteiger partial charge in [-0.1, -0.05) is 53.0 Å². The van der Waals surface area contributed by atoms with Crippen LogP contribution in [0, 0.1) is 5.82 Å². The molecule has 38 heavy (non-hydrogen) atoms. The minimum Gasteiger partial charge on any atom is -0.330 e. The lowest BCUT2D eigenvalue weighted by molar-refractivity contribution is -0.134. The van der Waals surface area contributed by atoms with Crippen LogP contribution in [0.25, 0.3) is 0 Å². The minimum absolute atomic E-state index is 0.136. The van der Waals surface area contributed by atoms with Gasteiger partial charge in [0, 0.05) is 38.6 Å². The number of halogens is 4. The van der Waals surface area contributed by atoms with Gasteiger partial charge < -0.3 is 9.80 Å². The molecule has 1 aromatic heterocycles. The maximum atomic E-state index is 13.9. The fraction of sp³-hybridized carbons (Fsp3) is 0.172. The molecule has 0 aliphatic carbocycles. The van der Waals surface area contributed by atoms with Crippen molar-refractivity contribution in [2.45, 2.75) is 19.0 Å². The first-order valence-electron chi connectivity index (χ1n) is 11.9. The number of benzene rings is 3. The monoisotopic (exact) mass is 586 g/mol. The molecule has 1 aliphatic heterocycles. The van der Waals surface area contributed by atoms with Crippen LogP contribution < -0.4 is 0 Å². The molecule has 0 radical (unpaired) electrons. The van der Waals surface area contributed by atoms with E-state index in [1.54, 1.807) is 64.8 Å². The third kappa shape index (κ3) is 5.74. The second-order valence-electron chi connectivity index (χ2n) is 9.00. The number of carbonyl (C=O) groups excluding carboxylic acids is 2. The Morgan fingerprint density at radius 2 is 1.63 bits per heavy atom. The van der Waals surface area contributed by atoms with E-state index in [0.717, 1.165) is 11.1 Å². The molecule has 0 saturated carbocycles.